The first kappa shape index (κ1) is 56.4. The molecule has 0 saturated carbocycles. The van der Waals surface area contributed by atoms with Crippen molar-refractivity contribution in [3.8, 4) is 5.69 Å². The van der Waals surface area contributed by atoms with Gasteiger partial charge in [0, 0.05) is 105 Å². The van der Waals surface area contributed by atoms with E-state index in [1.165, 1.54) is 12.1 Å². The monoisotopic (exact) mass is 797 g/mol. The molecule has 3 aromatic rings. The number of aryl methyl sites for hydroxylation is 2. The first-order chi connectivity index (χ1) is 24.9. The minimum absolute atomic E-state index is 0. The highest BCUT2D eigenvalue weighted by molar-refractivity contribution is 6.14. The summed E-state index contributed by atoms with van der Waals surface area (Å²) in [5, 5.41) is 9.32. The fraction of sp³-hybridized carbons (Fsp3) is 0.296. The predicted octanol–water partition coefficient (Wildman–Crippen LogP) is 10.9. The molecule has 52 heavy (non-hydrogen) atoms. The molecule has 7 nitrogen and oxygen atoms in total. The number of imidazole rings is 1. The van der Waals surface area contributed by atoms with Crippen molar-refractivity contribution < 1.29 is 92.2 Å². The molecule has 0 bridgehead atoms. The van der Waals surface area contributed by atoms with Crippen molar-refractivity contribution in [2.75, 3.05) is 19.7 Å². The number of amides is 1. The van der Waals surface area contributed by atoms with Gasteiger partial charge < -0.3 is 14.6 Å². The number of halogens is 18. The zero-order valence-corrected chi connectivity index (χ0v) is 26.3. The Balaban J connectivity index is -0.000000384. The first-order valence-corrected chi connectivity index (χ1v) is 13.0. The van der Waals surface area contributed by atoms with Crippen LogP contribution in [0.5, 0.6) is 0 Å². The minimum Gasteiger partial charge on any atom is -0.396 e. The molecule has 5 rings (SSSR count). The summed E-state index contributed by atoms with van der Waals surface area (Å²) in [6.07, 6.45) is 6.87. The fourth-order valence-electron chi connectivity index (χ4n) is 4.77. The SMILES string of the molecule is Cc1cn(-c2ccc(/C=C3\N=C4N(CCCO)CC[C@@H](c5ccc(F)cc5)N4C3=O)cc2C)cn1.F.FF.FF.FF.FF.FF.FF.FF.FF. The van der Waals surface area contributed by atoms with Gasteiger partial charge in [0.05, 0.1) is 18.1 Å². The van der Waals surface area contributed by atoms with Gasteiger partial charge in [0.1, 0.15) is 11.5 Å². The third-order valence-electron chi connectivity index (χ3n) is 6.50. The Bertz CT molecular complexity index is 1350. The van der Waals surface area contributed by atoms with Gasteiger partial charge in [-0.15, -0.1) is 0 Å². The van der Waals surface area contributed by atoms with Crippen molar-refractivity contribution in [3.63, 3.8) is 0 Å². The van der Waals surface area contributed by atoms with Crippen LogP contribution in [0.3, 0.4) is 0 Å². The molecule has 3 heterocycles. The normalized spacial score (nSPS) is 13.6. The summed E-state index contributed by atoms with van der Waals surface area (Å²) in [5.74, 6) is 0.119. The summed E-state index contributed by atoms with van der Waals surface area (Å²) in [6, 6.07) is 12.1. The number of hydrogen-bond donors (Lipinski definition) is 1. The van der Waals surface area contributed by atoms with E-state index in [1.807, 2.05) is 53.8 Å². The van der Waals surface area contributed by atoms with Gasteiger partial charge in [-0.25, -0.2) is 14.4 Å². The Hall–Kier alpha value is -4.97. The Morgan fingerprint density at radius 3 is 1.83 bits per heavy atom. The van der Waals surface area contributed by atoms with Crippen LogP contribution in [0.4, 0.5) is 82.3 Å². The molecular weight excluding hydrogens is 768 g/mol. The summed E-state index contributed by atoms with van der Waals surface area (Å²) in [6.45, 7) is 5.37. The van der Waals surface area contributed by atoms with Gasteiger partial charge >= 0.3 is 0 Å². The highest BCUT2D eigenvalue weighted by Gasteiger charge is 2.42. The number of carbonyl (C=O) groups excluding carboxylic acids is 1. The number of nitrogens with zero attached hydrogens (tertiary/aromatic N) is 5. The molecule has 0 aliphatic carbocycles. The van der Waals surface area contributed by atoms with Crippen molar-refractivity contribution >= 4 is 17.9 Å². The number of aromatic nitrogens is 2. The lowest BCUT2D eigenvalue weighted by Crippen LogP contribution is -2.51. The highest BCUT2D eigenvalue weighted by Crippen LogP contribution is 2.36. The fourth-order valence-corrected chi connectivity index (χ4v) is 4.77. The third-order valence-corrected chi connectivity index (χ3v) is 6.50. The van der Waals surface area contributed by atoms with E-state index in [-0.39, 0.29) is 29.1 Å². The molecule has 1 atom stereocenters. The molecule has 1 N–H and O–H groups in total. The van der Waals surface area contributed by atoms with Crippen LogP contribution in [-0.2, 0) is 4.79 Å². The van der Waals surface area contributed by atoms with Crippen LogP contribution in [0.2, 0.25) is 0 Å². The number of hydrogen-bond acceptors (Lipinski definition) is 5. The lowest BCUT2D eigenvalue weighted by atomic mass is 9.99. The van der Waals surface area contributed by atoms with E-state index < -0.39 is 0 Å². The van der Waals surface area contributed by atoms with Gasteiger partial charge in [-0.1, -0.05) is 18.2 Å². The molecule has 300 valence electrons. The van der Waals surface area contributed by atoms with E-state index >= 15 is 0 Å². The topological polar surface area (TPSA) is 74.0 Å². The van der Waals surface area contributed by atoms with Crippen molar-refractivity contribution in [1.29, 1.82) is 0 Å². The largest absolute Gasteiger partial charge is 0.396 e. The third kappa shape index (κ3) is 16.8. The molecule has 2 aliphatic rings. The van der Waals surface area contributed by atoms with Crippen LogP contribution in [-0.4, -0.2) is 56.0 Å². The lowest BCUT2D eigenvalue weighted by molar-refractivity contribution is -0.125. The first-order valence-electron chi connectivity index (χ1n) is 13.0. The number of aliphatic imine (C=N–C) groups is 1. The molecule has 25 heteroatoms. The molecule has 1 saturated heterocycles. The second-order valence-electron chi connectivity index (χ2n) is 9.01. The minimum atomic E-state index is -0.305. The van der Waals surface area contributed by atoms with E-state index in [2.05, 4.69) is 4.98 Å². The molecule has 0 radical (unpaired) electrons. The van der Waals surface area contributed by atoms with E-state index in [0.717, 1.165) is 28.1 Å². The Kier molecular flexibility index (Phi) is 38.9. The van der Waals surface area contributed by atoms with Gasteiger partial charge in [-0.05, 0) is 73.7 Å². The summed E-state index contributed by atoms with van der Waals surface area (Å²) in [7, 11) is 0. The van der Waals surface area contributed by atoms with Crippen molar-refractivity contribution in [2.45, 2.75) is 32.7 Å². The summed E-state index contributed by atoms with van der Waals surface area (Å²) in [4.78, 5) is 26.4. The van der Waals surface area contributed by atoms with Crippen LogP contribution in [0.15, 0.2) is 65.7 Å². The number of aliphatic hydroxyl groups is 1. The maximum absolute atomic E-state index is 13.6. The predicted molar refractivity (Wildman–Crippen MR) is 153 cm³/mol. The van der Waals surface area contributed by atoms with Gasteiger partial charge in [-0.3, -0.25) is 14.4 Å². The quantitative estimate of drug-likeness (QED) is 0.199. The smallest absolute Gasteiger partial charge is 0.279 e. The number of aliphatic hydroxyl groups excluding tert-OH is 1. The average molecular weight is 798 g/mol. The van der Waals surface area contributed by atoms with E-state index in [4.69, 9.17) is 78.2 Å². The van der Waals surface area contributed by atoms with Gasteiger partial charge in [0.2, 0.25) is 5.96 Å². The van der Waals surface area contributed by atoms with Crippen molar-refractivity contribution in [1.82, 2.24) is 19.4 Å². The second-order valence-corrected chi connectivity index (χ2v) is 9.01. The van der Waals surface area contributed by atoms with Crippen molar-refractivity contribution in [3.05, 3.63) is 88.9 Å². The molecular formula is C27H29F18N5O2. The summed E-state index contributed by atoms with van der Waals surface area (Å²) in [5.41, 5.74) is 5.17. The van der Waals surface area contributed by atoms with E-state index in [1.54, 1.807) is 23.4 Å². The molecule has 2 aliphatic heterocycles. The van der Waals surface area contributed by atoms with Gasteiger partial charge in [-0.2, -0.15) is 0 Å². The Morgan fingerprint density at radius 2 is 1.37 bits per heavy atom. The number of fused-ring (bicyclic) bond motifs is 1. The van der Waals surface area contributed by atoms with Gasteiger partial charge in [0.25, 0.3) is 5.91 Å². The second kappa shape index (κ2) is 35.8. The molecule has 0 spiro atoms. The molecule has 1 aromatic heterocycles. The summed E-state index contributed by atoms with van der Waals surface area (Å²) < 4.78 is 144. The number of rotatable bonds is 6. The van der Waals surface area contributed by atoms with Crippen LogP contribution in [0.1, 0.15) is 41.3 Å². The van der Waals surface area contributed by atoms with Gasteiger partial charge in [0.15, 0.2) is 0 Å². The molecule has 2 aromatic carbocycles. The van der Waals surface area contributed by atoms with Crippen LogP contribution < -0.4 is 0 Å². The zero-order valence-electron chi connectivity index (χ0n) is 26.3. The molecule has 1 fully saturated rings. The Morgan fingerprint density at radius 1 is 0.827 bits per heavy atom. The standard InChI is InChI=1S/C27H28FN5O2.8F2.FH/c1-18-14-20(4-9-24(18)32-16-19(2)29-17-32)15-23-26(35)33-25(21-5-7-22(28)8-6-21)10-12-31(11-3-13-34)27(33)30-23;8*1-2;/h4-9,14-17,25,34H,3,10-13H2,1-2H3;;;;;;;;;1H/b23-15-;;;;;;;;;/t25-;;;;;;;;;/m0........./s1. The molecule has 0 unspecified atom stereocenters. The Labute approximate surface area is 282 Å². The van der Waals surface area contributed by atoms with Crippen LogP contribution in [0, 0.1) is 19.7 Å². The maximum atomic E-state index is 13.6. The average Bonchev–Trinajstić information content (AvgIpc) is 3.79. The number of carbonyl (C=O) groups is 1. The lowest BCUT2D eigenvalue weighted by Gasteiger charge is -2.40. The summed E-state index contributed by atoms with van der Waals surface area (Å²) >= 11 is 0. The van der Waals surface area contributed by atoms with Crippen LogP contribution in [0.25, 0.3) is 11.8 Å². The van der Waals surface area contributed by atoms with Crippen molar-refractivity contribution in [2.24, 2.45) is 4.99 Å². The zero-order chi connectivity index (χ0) is 40.5. The number of guanidine groups is 1. The highest BCUT2D eigenvalue weighted by atomic mass is 20.0. The maximum Gasteiger partial charge on any atom is 0.279 e. The van der Waals surface area contributed by atoms with Crippen LogP contribution >= 0.6 is 0 Å². The van der Waals surface area contributed by atoms with E-state index in [9.17, 15) is 14.3 Å². The van der Waals surface area contributed by atoms with E-state index in [0.29, 0.717) is 37.6 Å². The number of benzene rings is 2. The molecule has 1 amide bonds.